The summed E-state index contributed by atoms with van der Waals surface area (Å²) in [5.74, 6) is 0.547. The standard InChI is InChI=1S/C23H21N2.C13H24O2.CH4.Ir/c1-15-22(19-11-7-9-16-8-5-6-10-18(16)19)25-20-13-12-17(23(2,3)4)14-21(20)24-15;1-5-10(6-2)12(14)9-13(15)11(7-3)8-4;;/h5-10,12-14H,1-4H3;9-11,14H,5-8H2,1-4H3;1H4;/q-1;;;. The zero-order valence-electron chi connectivity index (χ0n) is 25.8. The monoisotopic (exact) mass is 746 g/mol. The summed E-state index contributed by atoms with van der Waals surface area (Å²) >= 11 is 0. The van der Waals surface area contributed by atoms with E-state index in [0.29, 0.717) is 0 Å². The van der Waals surface area contributed by atoms with Crippen LogP contribution in [0.3, 0.4) is 0 Å². The Balaban J connectivity index is 0.000000455. The molecule has 0 amide bonds. The third kappa shape index (κ3) is 9.06. The van der Waals surface area contributed by atoms with Gasteiger partial charge >= 0.3 is 0 Å². The summed E-state index contributed by atoms with van der Waals surface area (Å²) in [4.78, 5) is 21.5. The molecule has 4 nitrogen and oxygen atoms in total. The maximum absolute atomic E-state index is 11.7. The van der Waals surface area contributed by atoms with Gasteiger partial charge < -0.3 is 5.11 Å². The number of carbonyl (C=O) groups is 1. The van der Waals surface area contributed by atoms with Crippen molar-refractivity contribution in [3.8, 4) is 11.3 Å². The molecule has 0 aliphatic heterocycles. The third-order valence-corrected chi connectivity index (χ3v) is 7.74. The molecule has 0 aliphatic carbocycles. The van der Waals surface area contributed by atoms with Crippen molar-refractivity contribution < 1.29 is 30.0 Å². The first-order valence-electron chi connectivity index (χ1n) is 14.7. The molecule has 1 aromatic heterocycles. The van der Waals surface area contributed by atoms with Gasteiger partial charge in [0.2, 0.25) is 0 Å². The van der Waals surface area contributed by atoms with Gasteiger partial charge in [0.05, 0.1) is 16.8 Å². The number of fused-ring (bicyclic) bond motifs is 2. The van der Waals surface area contributed by atoms with Crippen molar-refractivity contribution in [2.75, 3.05) is 0 Å². The number of nitrogens with zero attached hydrogens (tertiary/aromatic N) is 2. The van der Waals surface area contributed by atoms with Gasteiger partial charge in [-0.25, -0.2) is 0 Å². The number of benzene rings is 3. The predicted octanol–water partition coefficient (Wildman–Crippen LogP) is 10.4. The van der Waals surface area contributed by atoms with Gasteiger partial charge in [-0.2, -0.15) is 0 Å². The molecule has 4 aromatic rings. The molecule has 229 valence electrons. The number of hydrogen-bond acceptors (Lipinski definition) is 4. The van der Waals surface area contributed by atoms with Crippen molar-refractivity contribution in [2.24, 2.45) is 11.8 Å². The van der Waals surface area contributed by atoms with Gasteiger partial charge in [-0.3, -0.25) is 14.8 Å². The Labute approximate surface area is 267 Å². The quantitative estimate of drug-likeness (QED) is 0.111. The van der Waals surface area contributed by atoms with E-state index in [9.17, 15) is 9.90 Å². The van der Waals surface area contributed by atoms with Crippen LogP contribution in [0, 0.1) is 24.8 Å². The molecule has 0 saturated carbocycles. The van der Waals surface area contributed by atoms with Gasteiger partial charge in [-0.05, 0) is 55.7 Å². The van der Waals surface area contributed by atoms with Gasteiger partial charge in [0.15, 0.2) is 5.78 Å². The Morgan fingerprint density at radius 1 is 0.905 bits per heavy atom. The van der Waals surface area contributed by atoms with E-state index in [1.54, 1.807) is 0 Å². The van der Waals surface area contributed by atoms with Crippen LogP contribution in [-0.4, -0.2) is 20.9 Å². The Hall–Kier alpha value is -2.88. The topological polar surface area (TPSA) is 63.1 Å². The molecule has 5 heteroatoms. The largest absolute Gasteiger partial charge is 0.512 e. The van der Waals surface area contributed by atoms with Crippen molar-refractivity contribution in [3.05, 3.63) is 83.8 Å². The molecule has 42 heavy (non-hydrogen) atoms. The number of carbonyl (C=O) groups excluding carboxylic acids is 1. The number of aromatic nitrogens is 2. The van der Waals surface area contributed by atoms with Crippen LogP contribution < -0.4 is 0 Å². The van der Waals surface area contributed by atoms with E-state index in [1.165, 1.54) is 17.0 Å². The molecule has 0 saturated heterocycles. The first kappa shape index (κ1) is 37.1. The zero-order chi connectivity index (χ0) is 29.4. The summed E-state index contributed by atoms with van der Waals surface area (Å²) in [7, 11) is 0. The molecule has 0 bridgehead atoms. The molecule has 1 N–H and O–H groups in total. The average Bonchev–Trinajstić information content (AvgIpc) is 2.93. The van der Waals surface area contributed by atoms with Gasteiger partial charge in [0.1, 0.15) is 0 Å². The second-order valence-electron chi connectivity index (χ2n) is 11.5. The summed E-state index contributed by atoms with van der Waals surface area (Å²) < 4.78 is 0. The van der Waals surface area contributed by atoms with Crippen molar-refractivity contribution >= 4 is 27.6 Å². The zero-order valence-corrected chi connectivity index (χ0v) is 28.2. The van der Waals surface area contributed by atoms with Gasteiger partial charge in [0.25, 0.3) is 0 Å². The Morgan fingerprint density at radius 3 is 2.12 bits per heavy atom. The summed E-state index contributed by atoms with van der Waals surface area (Å²) in [6, 6.07) is 22.2. The van der Waals surface area contributed by atoms with E-state index in [2.05, 4.69) is 75.4 Å². The molecular formula is C37H49IrN2O2-. The van der Waals surface area contributed by atoms with Crippen LogP contribution in [0.25, 0.3) is 33.1 Å². The van der Waals surface area contributed by atoms with Crippen LogP contribution >= 0.6 is 0 Å². The van der Waals surface area contributed by atoms with Crippen LogP contribution in [-0.2, 0) is 30.3 Å². The van der Waals surface area contributed by atoms with Crippen molar-refractivity contribution in [3.63, 3.8) is 0 Å². The number of allylic oxidation sites excluding steroid dienone is 2. The normalized spacial score (nSPS) is 11.6. The second-order valence-corrected chi connectivity index (χ2v) is 11.5. The first-order valence-corrected chi connectivity index (χ1v) is 14.7. The second kappa shape index (κ2) is 16.7. The van der Waals surface area contributed by atoms with E-state index in [-0.39, 0.29) is 56.3 Å². The van der Waals surface area contributed by atoms with E-state index in [4.69, 9.17) is 9.97 Å². The predicted molar refractivity (Wildman–Crippen MR) is 175 cm³/mol. The van der Waals surface area contributed by atoms with E-state index < -0.39 is 0 Å². The summed E-state index contributed by atoms with van der Waals surface area (Å²) in [5, 5.41) is 12.1. The smallest absolute Gasteiger partial charge is 0.162 e. The van der Waals surface area contributed by atoms with Crippen LogP contribution in [0.2, 0.25) is 0 Å². The van der Waals surface area contributed by atoms with E-state index in [0.717, 1.165) is 59.1 Å². The fourth-order valence-electron chi connectivity index (χ4n) is 4.98. The molecule has 0 unspecified atom stereocenters. The van der Waals surface area contributed by atoms with Crippen LogP contribution in [0.4, 0.5) is 0 Å². The molecule has 1 radical (unpaired) electrons. The average molecular weight is 746 g/mol. The van der Waals surface area contributed by atoms with E-state index >= 15 is 0 Å². The fourth-order valence-corrected chi connectivity index (χ4v) is 4.98. The summed E-state index contributed by atoms with van der Waals surface area (Å²) in [5.41, 5.74) is 6.12. The minimum Gasteiger partial charge on any atom is -0.512 e. The molecule has 0 fully saturated rings. The van der Waals surface area contributed by atoms with Gasteiger partial charge in [0, 0.05) is 49.4 Å². The van der Waals surface area contributed by atoms with Crippen LogP contribution in [0.1, 0.15) is 92.8 Å². The number of aliphatic hydroxyl groups is 1. The maximum Gasteiger partial charge on any atom is 0.162 e. The number of hydrogen-bond donors (Lipinski definition) is 1. The SMILES string of the molecule is C.CCC(CC)C(=O)C=C(O)C(CC)CC.Cc1nc2cc(C(C)(C)C)ccc2nc1-c1[c-]ccc2ccccc12.[Ir]. The minimum atomic E-state index is 0. The van der Waals surface area contributed by atoms with Crippen LogP contribution in [0.5, 0.6) is 0 Å². The molecular weight excluding hydrogens is 697 g/mol. The first-order chi connectivity index (χ1) is 19.0. The van der Waals surface area contributed by atoms with Crippen molar-refractivity contribution in [1.82, 2.24) is 9.97 Å². The number of aryl methyl sites for hydroxylation is 1. The third-order valence-electron chi connectivity index (χ3n) is 7.74. The molecule has 0 aliphatic rings. The fraction of sp³-hybridized carbons (Fsp3) is 0.432. The molecule has 0 atom stereocenters. The maximum atomic E-state index is 11.7. The summed E-state index contributed by atoms with van der Waals surface area (Å²) in [6.45, 7) is 16.7. The van der Waals surface area contributed by atoms with Crippen molar-refractivity contribution in [2.45, 2.75) is 93.9 Å². The number of ketones is 1. The molecule has 4 rings (SSSR count). The Bertz CT molecular complexity index is 1470. The number of aliphatic hydroxyl groups excluding tert-OH is 1. The Morgan fingerprint density at radius 2 is 1.52 bits per heavy atom. The molecule has 0 spiro atoms. The van der Waals surface area contributed by atoms with Crippen LogP contribution in [0.15, 0.2) is 66.4 Å². The Kier molecular flexibility index (Phi) is 14.7. The summed E-state index contributed by atoms with van der Waals surface area (Å²) in [6.07, 6.45) is 4.91. The molecule has 1 heterocycles. The van der Waals surface area contributed by atoms with Gasteiger partial charge in [-0.1, -0.05) is 91.6 Å². The van der Waals surface area contributed by atoms with Gasteiger partial charge in [-0.15, -0.1) is 29.1 Å². The minimum absolute atomic E-state index is 0. The van der Waals surface area contributed by atoms with Crippen molar-refractivity contribution in [1.29, 1.82) is 0 Å². The molecule has 3 aromatic carbocycles. The van der Waals surface area contributed by atoms with E-state index in [1.807, 2.05) is 40.7 Å². The number of rotatable bonds is 8.